The zero-order valence-corrected chi connectivity index (χ0v) is 14.4. The highest BCUT2D eigenvalue weighted by molar-refractivity contribution is 6.22. The first-order valence-corrected chi connectivity index (χ1v) is 8.49. The van der Waals surface area contributed by atoms with Crippen LogP contribution in [0.5, 0.6) is 0 Å². The van der Waals surface area contributed by atoms with Crippen molar-refractivity contribution < 1.29 is 19.3 Å². The molecule has 3 rings (SSSR count). The molecule has 1 N–H and O–H groups in total. The molecule has 6 nitrogen and oxygen atoms in total. The third-order valence-corrected chi connectivity index (χ3v) is 4.92. The van der Waals surface area contributed by atoms with Gasteiger partial charge >= 0.3 is 0 Å². The quantitative estimate of drug-likeness (QED) is 0.772. The molecule has 0 unspecified atom stereocenters. The lowest BCUT2D eigenvalue weighted by molar-refractivity contribution is -0.883. The van der Waals surface area contributed by atoms with Gasteiger partial charge in [0.2, 0.25) is 5.91 Å². The second-order valence-electron chi connectivity index (χ2n) is 7.00. The van der Waals surface area contributed by atoms with E-state index in [1.54, 1.807) is 29.2 Å². The third kappa shape index (κ3) is 2.71. The zero-order chi connectivity index (χ0) is 17.4. The summed E-state index contributed by atoms with van der Waals surface area (Å²) < 4.78 is 0. The van der Waals surface area contributed by atoms with Crippen molar-refractivity contribution in [3.63, 3.8) is 0 Å². The molecular weight excluding hydrogens is 306 g/mol. The minimum Gasteiger partial charge on any atom is -0.334 e. The topological polar surface area (TPSA) is 62.1 Å². The number of carbonyl (C=O) groups is 3. The molecule has 1 fully saturated rings. The van der Waals surface area contributed by atoms with Crippen LogP contribution >= 0.6 is 0 Å². The Balaban J connectivity index is 1.88. The first-order chi connectivity index (χ1) is 11.4. The number of fused-ring (bicyclic) bond motifs is 1. The highest BCUT2D eigenvalue weighted by Gasteiger charge is 2.45. The van der Waals surface area contributed by atoms with E-state index in [0.29, 0.717) is 24.2 Å². The number of nitrogens with zero attached hydrogens (tertiary/aromatic N) is 2. The highest BCUT2D eigenvalue weighted by Crippen LogP contribution is 2.28. The number of hydrogen-bond donors (Lipinski definition) is 1. The van der Waals surface area contributed by atoms with Crippen LogP contribution in [0, 0.1) is 5.92 Å². The van der Waals surface area contributed by atoms with Crippen LogP contribution in [0.3, 0.4) is 0 Å². The van der Waals surface area contributed by atoms with Gasteiger partial charge < -0.3 is 9.80 Å². The van der Waals surface area contributed by atoms with Crippen molar-refractivity contribution >= 4 is 17.7 Å². The normalized spacial score (nSPS) is 19.8. The Morgan fingerprint density at radius 1 is 1.04 bits per heavy atom. The minimum absolute atomic E-state index is 0.119. The first-order valence-electron chi connectivity index (χ1n) is 8.49. The van der Waals surface area contributed by atoms with Crippen molar-refractivity contribution in [2.75, 3.05) is 33.2 Å². The lowest BCUT2D eigenvalue weighted by Gasteiger charge is -2.36. The maximum atomic E-state index is 13.0. The third-order valence-electron chi connectivity index (χ3n) is 4.92. The summed E-state index contributed by atoms with van der Waals surface area (Å²) in [4.78, 5) is 42.8. The Morgan fingerprint density at radius 2 is 1.54 bits per heavy atom. The number of hydrogen-bond acceptors (Lipinski definition) is 3. The van der Waals surface area contributed by atoms with Gasteiger partial charge in [-0.3, -0.25) is 19.3 Å². The molecule has 2 aliphatic heterocycles. The predicted molar refractivity (Wildman–Crippen MR) is 88.8 cm³/mol. The van der Waals surface area contributed by atoms with Crippen LogP contribution in [0.2, 0.25) is 0 Å². The summed E-state index contributed by atoms with van der Waals surface area (Å²) in [5.74, 6) is -0.969. The van der Waals surface area contributed by atoms with Gasteiger partial charge in [0, 0.05) is 0 Å². The van der Waals surface area contributed by atoms with Gasteiger partial charge in [-0.05, 0) is 18.1 Å². The SMILES string of the molecule is CC(C)[C@H](C(=O)N1CC[NH+](C)CC1)N1C(=O)c2ccccc2C1=O. The van der Waals surface area contributed by atoms with Gasteiger partial charge in [-0.25, -0.2) is 0 Å². The largest absolute Gasteiger partial charge is 0.334 e. The Bertz CT molecular complexity index is 643. The summed E-state index contributed by atoms with van der Waals surface area (Å²) >= 11 is 0. The van der Waals surface area contributed by atoms with E-state index in [9.17, 15) is 14.4 Å². The fourth-order valence-electron chi connectivity index (χ4n) is 3.45. The van der Waals surface area contributed by atoms with E-state index in [0.717, 1.165) is 13.1 Å². The number of imide groups is 1. The molecule has 1 aromatic rings. The van der Waals surface area contributed by atoms with E-state index in [2.05, 4.69) is 7.05 Å². The van der Waals surface area contributed by atoms with Crippen molar-refractivity contribution in [1.29, 1.82) is 0 Å². The van der Waals surface area contributed by atoms with E-state index in [4.69, 9.17) is 0 Å². The van der Waals surface area contributed by atoms with Crippen LogP contribution in [-0.2, 0) is 4.79 Å². The number of quaternary nitrogens is 1. The minimum atomic E-state index is -0.740. The molecule has 0 saturated carbocycles. The average molecular weight is 330 g/mol. The molecule has 6 heteroatoms. The summed E-state index contributed by atoms with van der Waals surface area (Å²) in [7, 11) is 2.10. The van der Waals surface area contributed by atoms with Crippen LogP contribution in [0.4, 0.5) is 0 Å². The standard InChI is InChI=1S/C18H23N3O3/c1-12(2)15(18(24)20-10-8-19(3)9-11-20)21-16(22)13-6-4-5-7-14(13)17(21)23/h4-7,12,15H,8-11H2,1-3H3/p+1/t15-/m1/s1. The van der Waals surface area contributed by atoms with Gasteiger partial charge in [-0.2, -0.15) is 0 Å². The molecular formula is C18H24N3O3+. The average Bonchev–Trinajstić information content (AvgIpc) is 2.81. The summed E-state index contributed by atoms with van der Waals surface area (Å²) in [5.41, 5.74) is 0.785. The molecule has 0 radical (unpaired) electrons. The molecule has 1 aromatic carbocycles. The van der Waals surface area contributed by atoms with E-state index in [-0.39, 0.29) is 23.6 Å². The number of carbonyl (C=O) groups excluding carboxylic acids is 3. The fraction of sp³-hybridized carbons (Fsp3) is 0.500. The van der Waals surface area contributed by atoms with Crippen LogP contribution in [-0.4, -0.2) is 66.8 Å². The number of benzene rings is 1. The van der Waals surface area contributed by atoms with Crippen LogP contribution in [0.1, 0.15) is 34.6 Å². The van der Waals surface area contributed by atoms with E-state index in [1.165, 1.54) is 9.80 Å². The van der Waals surface area contributed by atoms with Gasteiger partial charge in [0.15, 0.2) is 0 Å². The molecule has 1 atom stereocenters. The maximum absolute atomic E-state index is 13.0. The highest BCUT2D eigenvalue weighted by atomic mass is 16.2. The van der Waals surface area contributed by atoms with Gasteiger partial charge in [-0.15, -0.1) is 0 Å². The molecule has 3 amide bonds. The summed E-state index contributed by atoms with van der Waals surface area (Å²) in [5, 5.41) is 0. The van der Waals surface area contributed by atoms with Crippen LogP contribution < -0.4 is 4.90 Å². The second-order valence-corrected chi connectivity index (χ2v) is 7.00. The van der Waals surface area contributed by atoms with Crippen LogP contribution in [0.25, 0.3) is 0 Å². The lowest BCUT2D eigenvalue weighted by Crippen LogP contribution is -3.12. The summed E-state index contributed by atoms with van der Waals surface area (Å²) in [6.45, 7) is 6.87. The van der Waals surface area contributed by atoms with Crippen molar-refractivity contribution in [3.05, 3.63) is 35.4 Å². The van der Waals surface area contributed by atoms with E-state index in [1.807, 2.05) is 13.8 Å². The van der Waals surface area contributed by atoms with Gasteiger partial charge in [0.1, 0.15) is 6.04 Å². The fourth-order valence-corrected chi connectivity index (χ4v) is 3.45. The summed E-state index contributed by atoms with van der Waals surface area (Å²) in [6.07, 6.45) is 0. The Morgan fingerprint density at radius 3 is 2.00 bits per heavy atom. The Kier molecular flexibility index (Phi) is 4.41. The monoisotopic (exact) mass is 330 g/mol. The molecule has 0 spiro atoms. The zero-order valence-electron chi connectivity index (χ0n) is 14.4. The molecule has 0 aromatic heterocycles. The molecule has 128 valence electrons. The number of piperazine rings is 1. The first kappa shape index (κ1) is 16.6. The molecule has 2 heterocycles. The molecule has 0 bridgehead atoms. The summed E-state index contributed by atoms with van der Waals surface area (Å²) in [6, 6.07) is 6.04. The molecule has 24 heavy (non-hydrogen) atoms. The Labute approximate surface area is 142 Å². The van der Waals surface area contributed by atoms with Crippen molar-refractivity contribution in [1.82, 2.24) is 9.80 Å². The lowest BCUT2D eigenvalue weighted by atomic mass is 10.0. The number of rotatable bonds is 3. The number of amides is 3. The Hall–Kier alpha value is -2.21. The smallest absolute Gasteiger partial charge is 0.262 e. The molecule has 0 aliphatic carbocycles. The van der Waals surface area contributed by atoms with Crippen molar-refractivity contribution in [2.45, 2.75) is 19.9 Å². The predicted octanol–water partition coefficient (Wildman–Crippen LogP) is -0.336. The maximum Gasteiger partial charge on any atom is 0.262 e. The second kappa shape index (κ2) is 6.36. The van der Waals surface area contributed by atoms with Crippen LogP contribution in [0.15, 0.2) is 24.3 Å². The molecule has 1 saturated heterocycles. The number of nitrogens with one attached hydrogen (secondary N) is 1. The van der Waals surface area contributed by atoms with E-state index < -0.39 is 6.04 Å². The van der Waals surface area contributed by atoms with Gasteiger partial charge in [0.05, 0.1) is 44.4 Å². The molecule has 2 aliphatic rings. The van der Waals surface area contributed by atoms with Gasteiger partial charge in [0.25, 0.3) is 11.8 Å². The van der Waals surface area contributed by atoms with Crippen molar-refractivity contribution in [3.8, 4) is 0 Å². The number of likely N-dealkylation sites (N-methyl/N-ethyl adjacent to an activating group) is 1. The van der Waals surface area contributed by atoms with E-state index >= 15 is 0 Å². The van der Waals surface area contributed by atoms with Crippen molar-refractivity contribution in [2.24, 2.45) is 5.92 Å². The van der Waals surface area contributed by atoms with Gasteiger partial charge in [-0.1, -0.05) is 26.0 Å².